The number of esters is 1. The van der Waals surface area contributed by atoms with Gasteiger partial charge in [-0.3, -0.25) is 4.79 Å². The van der Waals surface area contributed by atoms with Gasteiger partial charge in [0.15, 0.2) is 6.61 Å². The fourth-order valence-corrected chi connectivity index (χ4v) is 6.01. The Morgan fingerprint density at radius 2 is 1.76 bits per heavy atom. The van der Waals surface area contributed by atoms with E-state index in [2.05, 4.69) is 5.32 Å². The van der Waals surface area contributed by atoms with Crippen LogP contribution in [0.3, 0.4) is 0 Å². The van der Waals surface area contributed by atoms with E-state index in [1.807, 2.05) is 30.3 Å². The largest absolute Gasteiger partial charge is 0.452 e. The Morgan fingerprint density at radius 3 is 2.42 bits per heavy atom. The predicted molar refractivity (Wildman–Crippen MR) is 124 cm³/mol. The third-order valence-electron chi connectivity index (χ3n) is 6.26. The zero-order valence-corrected chi connectivity index (χ0v) is 19.6. The summed E-state index contributed by atoms with van der Waals surface area (Å²) < 4.78 is 32.9. The number of aryl methyl sites for hydroxylation is 1. The summed E-state index contributed by atoms with van der Waals surface area (Å²) >= 11 is 0. The summed E-state index contributed by atoms with van der Waals surface area (Å²) in [4.78, 5) is 25.2. The highest BCUT2D eigenvalue weighted by Gasteiger charge is 2.33. The SMILES string of the molecule is Cc1ccc(C(=O)OCC(=O)NC(c2ccccc2)C2CC2)cc1S(=O)(=O)N1CCCCC1. The predicted octanol–water partition coefficient (Wildman–Crippen LogP) is 3.59. The van der Waals surface area contributed by atoms with Crippen molar-refractivity contribution in [1.29, 1.82) is 0 Å². The molecule has 33 heavy (non-hydrogen) atoms. The number of carbonyl (C=O) groups excluding carboxylic acids is 2. The number of hydrogen-bond donors (Lipinski definition) is 1. The van der Waals surface area contributed by atoms with Crippen LogP contribution in [0.4, 0.5) is 0 Å². The topological polar surface area (TPSA) is 92.8 Å². The van der Waals surface area contributed by atoms with Gasteiger partial charge in [0.25, 0.3) is 5.91 Å². The van der Waals surface area contributed by atoms with Gasteiger partial charge >= 0.3 is 5.97 Å². The van der Waals surface area contributed by atoms with Crippen molar-refractivity contribution >= 4 is 21.9 Å². The van der Waals surface area contributed by atoms with Gasteiger partial charge in [-0.15, -0.1) is 0 Å². The molecule has 176 valence electrons. The number of hydrogen-bond acceptors (Lipinski definition) is 5. The normalized spacial score (nSPS) is 17.8. The number of rotatable bonds is 8. The van der Waals surface area contributed by atoms with Gasteiger partial charge in [-0.1, -0.05) is 42.8 Å². The standard InChI is InChI=1S/C25H30N2O5S/c1-18-10-11-21(16-22(18)33(30,31)27-14-6-3-7-15-27)25(29)32-17-23(28)26-24(20-12-13-20)19-8-4-2-5-9-19/h2,4-5,8-11,16,20,24H,3,6-7,12-15,17H2,1H3,(H,26,28). The maximum atomic E-state index is 13.1. The molecule has 2 fully saturated rings. The number of benzene rings is 2. The van der Waals surface area contributed by atoms with Crippen molar-refractivity contribution in [3.05, 3.63) is 65.2 Å². The van der Waals surface area contributed by atoms with Crippen LogP contribution in [0.2, 0.25) is 0 Å². The summed E-state index contributed by atoms with van der Waals surface area (Å²) in [5.74, 6) is -0.702. The van der Waals surface area contributed by atoms with Crippen LogP contribution in [0, 0.1) is 12.8 Å². The fourth-order valence-electron chi connectivity index (χ4n) is 4.24. The Hall–Kier alpha value is -2.71. The van der Waals surface area contributed by atoms with Crippen LogP contribution in [0.25, 0.3) is 0 Å². The van der Waals surface area contributed by atoms with Crippen LogP contribution >= 0.6 is 0 Å². The van der Waals surface area contributed by atoms with Gasteiger partial charge < -0.3 is 10.1 Å². The molecule has 4 rings (SSSR count). The monoisotopic (exact) mass is 470 g/mol. The summed E-state index contributed by atoms with van der Waals surface area (Å²) in [6.07, 6.45) is 4.79. The third-order valence-corrected chi connectivity index (χ3v) is 8.30. The van der Waals surface area contributed by atoms with Crippen LogP contribution < -0.4 is 5.32 Å². The van der Waals surface area contributed by atoms with Gasteiger partial charge in [0.2, 0.25) is 10.0 Å². The molecule has 1 heterocycles. The molecule has 1 unspecified atom stereocenters. The number of amides is 1. The molecular formula is C25H30N2O5S. The van der Waals surface area contributed by atoms with Gasteiger partial charge in [0.1, 0.15) is 0 Å². The summed E-state index contributed by atoms with van der Waals surface area (Å²) in [6, 6.07) is 14.1. The first-order valence-electron chi connectivity index (χ1n) is 11.5. The highest BCUT2D eigenvalue weighted by Crippen LogP contribution is 2.40. The van der Waals surface area contributed by atoms with E-state index in [1.54, 1.807) is 13.0 Å². The molecular weight excluding hydrogens is 440 g/mol. The lowest BCUT2D eigenvalue weighted by Crippen LogP contribution is -2.36. The summed E-state index contributed by atoms with van der Waals surface area (Å²) in [6.45, 7) is 2.26. The second kappa shape index (κ2) is 10.1. The zero-order chi connectivity index (χ0) is 23.4. The lowest BCUT2D eigenvalue weighted by molar-refractivity contribution is -0.125. The summed E-state index contributed by atoms with van der Waals surface area (Å²) in [5, 5.41) is 2.97. The average molecular weight is 471 g/mol. The van der Waals surface area contributed by atoms with E-state index >= 15 is 0 Å². The molecule has 0 aromatic heterocycles. The van der Waals surface area contributed by atoms with Crippen molar-refractivity contribution < 1.29 is 22.7 Å². The van der Waals surface area contributed by atoms with Crippen molar-refractivity contribution in [2.45, 2.75) is 50.0 Å². The molecule has 8 heteroatoms. The van der Waals surface area contributed by atoms with E-state index in [0.717, 1.165) is 37.7 Å². The Balaban J connectivity index is 1.40. The molecule has 2 aromatic rings. The zero-order valence-electron chi connectivity index (χ0n) is 18.8. The average Bonchev–Trinajstić information content (AvgIpc) is 3.67. The minimum Gasteiger partial charge on any atom is -0.452 e. The lowest BCUT2D eigenvalue weighted by Gasteiger charge is -2.26. The molecule has 0 radical (unpaired) electrons. The quantitative estimate of drug-likeness (QED) is 0.595. The van der Waals surface area contributed by atoms with Crippen LogP contribution in [0.1, 0.15) is 59.6 Å². The summed E-state index contributed by atoms with van der Waals surface area (Å²) in [5.41, 5.74) is 1.72. The highest BCUT2D eigenvalue weighted by atomic mass is 32.2. The molecule has 2 aromatic carbocycles. The van der Waals surface area contributed by atoms with Crippen LogP contribution in [-0.2, 0) is 19.6 Å². The van der Waals surface area contributed by atoms with Crippen LogP contribution in [0.5, 0.6) is 0 Å². The second-order valence-electron chi connectivity index (χ2n) is 8.81. The third kappa shape index (κ3) is 5.62. The number of nitrogens with one attached hydrogen (secondary N) is 1. The van der Waals surface area contributed by atoms with E-state index in [4.69, 9.17) is 4.74 Å². The maximum absolute atomic E-state index is 13.1. The molecule has 1 saturated carbocycles. The summed E-state index contributed by atoms with van der Waals surface area (Å²) in [7, 11) is -3.68. The van der Waals surface area contributed by atoms with Crippen molar-refractivity contribution in [1.82, 2.24) is 9.62 Å². The van der Waals surface area contributed by atoms with Crippen LogP contribution in [0.15, 0.2) is 53.4 Å². The fraction of sp³-hybridized carbons (Fsp3) is 0.440. The van der Waals surface area contributed by atoms with Crippen molar-refractivity contribution in [2.75, 3.05) is 19.7 Å². The lowest BCUT2D eigenvalue weighted by atomic mass is 10.0. The first-order valence-corrected chi connectivity index (χ1v) is 12.9. The molecule has 1 atom stereocenters. The molecule has 0 spiro atoms. The Morgan fingerprint density at radius 1 is 1.06 bits per heavy atom. The Bertz CT molecular complexity index is 1110. The van der Waals surface area contributed by atoms with E-state index in [9.17, 15) is 18.0 Å². The second-order valence-corrected chi connectivity index (χ2v) is 10.7. The van der Waals surface area contributed by atoms with Crippen molar-refractivity contribution in [2.24, 2.45) is 5.92 Å². The molecule has 1 aliphatic heterocycles. The smallest absolute Gasteiger partial charge is 0.338 e. The van der Waals surface area contributed by atoms with E-state index in [1.165, 1.54) is 16.4 Å². The molecule has 1 saturated heterocycles. The maximum Gasteiger partial charge on any atom is 0.338 e. The Labute approximate surface area is 195 Å². The molecule has 0 bridgehead atoms. The van der Waals surface area contributed by atoms with Gasteiger partial charge in [-0.25, -0.2) is 13.2 Å². The van der Waals surface area contributed by atoms with Gasteiger partial charge in [0, 0.05) is 13.1 Å². The molecule has 7 nitrogen and oxygen atoms in total. The van der Waals surface area contributed by atoms with Crippen molar-refractivity contribution in [3.8, 4) is 0 Å². The number of sulfonamides is 1. The number of nitrogens with zero attached hydrogens (tertiary/aromatic N) is 1. The molecule has 2 aliphatic rings. The van der Waals surface area contributed by atoms with E-state index in [0.29, 0.717) is 24.6 Å². The first-order chi connectivity index (χ1) is 15.9. The number of piperidine rings is 1. The first kappa shape index (κ1) is 23.4. The van der Waals surface area contributed by atoms with Crippen molar-refractivity contribution in [3.63, 3.8) is 0 Å². The number of ether oxygens (including phenoxy) is 1. The molecule has 1 aliphatic carbocycles. The van der Waals surface area contributed by atoms with E-state index in [-0.39, 0.29) is 22.4 Å². The number of carbonyl (C=O) groups is 2. The van der Waals surface area contributed by atoms with Crippen LogP contribution in [-0.4, -0.2) is 44.3 Å². The minimum absolute atomic E-state index is 0.0990. The van der Waals surface area contributed by atoms with E-state index < -0.39 is 22.6 Å². The molecule has 1 amide bonds. The van der Waals surface area contributed by atoms with Gasteiger partial charge in [-0.05, 0) is 61.8 Å². The Kier molecular flexibility index (Phi) is 7.14. The van der Waals surface area contributed by atoms with Gasteiger partial charge in [-0.2, -0.15) is 4.31 Å². The van der Waals surface area contributed by atoms with Gasteiger partial charge in [0.05, 0.1) is 16.5 Å². The molecule has 1 N–H and O–H groups in total. The minimum atomic E-state index is -3.68. The highest BCUT2D eigenvalue weighted by molar-refractivity contribution is 7.89.